The third-order valence-electron chi connectivity index (χ3n) is 3.86. The number of halogens is 1. The highest BCUT2D eigenvalue weighted by atomic mass is 79.9. The predicted molar refractivity (Wildman–Crippen MR) is 104 cm³/mol. The number of benzene rings is 2. The fourth-order valence-electron chi connectivity index (χ4n) is 2.47. The summed E-state index contributed by atoms with van der Waals surface area (Å²) in [6.45, 7) is 0.571. The lowest BCUT2D eigenvalue weighted by Crippen LogP contribution is -2.17. The van der Waals surface area contributed by atoms with E-state index in [4.69, 9.17) is 0 Å². The first-order valence-corrected chi connectivity index (χ1v) is 8.68. The third kappa shape index (κ3) is 4.09. The van der Waals surface area contributed by atoms with Crippen molar-refractivity contribution in [2.24, 2.45) is 0 Å². The molecule has 1 aromatic heterocycles. The SMILES string of the molecule is CN(C)c1cccc(C(=O)Nc2ccnn2Cc2ccccc2Br)c1. The summed E-state index contributed by atoms with van der Waals surface area (Å²) in [5, 5.41) is 7.26. The zero-order valence-electron chi connectivity index (χ0n) is 14.1. The van der Waals surface area contributed by atoms with Gasteiger partial charge in [0.1, 0.15) is 5.82 Å². The van der Waals surface area contributed by atoms with Gasteiger partial charge in [-0.3, -0.25) is 4.79 Å². The summed E-state index contributed by atoms with van der Waals surface area (Å²) in [4.78, 5) is 14.5. The molecular weight excluding hydrogens is 380 g/mol. The number of aromatic nitrogens is 2. The predicted octanol–water partition coefficient (Wildman–Crippen LogP) is 4.01. The second-order valence-corrected chi connectivity index (χ2v) is 6.72. The number of nitrogens with zero attached hydrogens (tertiary/aromatic N) is 3. The quantitative estimate of drug-likeness (QED) is 0.705. The van der Waals surface area contributed by atoms with E-state index in [2.05, 4.69) is 26.3 Å². The smallest absolute Gasteiger partial charge is 0.256 e. The Hall–Kier alpha value is -2.60. The monoisotopic (exact) mass is 398 g/mol. The van der Waals surface area contributed by atoms with E-state index in [0.29, 0.717) is 17.9 Å². The molecule has 2 aromatic carbocycles. The van der Waals surface area contributed by atoms with Gasteiger partial charge in [0.15, 0.2) is 0 Å². The van der Waals surface area contributed by atoms with Crippen LogP contribution in [0.1, 0.15) is 15.9 Å². The van der Waals surface area contributed by atoms with Gasteiger partial charge in [0.05, 0.1) is 12.7 Å². The number of hydrogen-bond acceptors (Lipinski definition) is 3. The molecule has 0 bridgehead atoms. The first-order valence-electron chi connectivity index (χ1n) is 7.88. The Labute approximate surface area is 155 Å². The molecule has 1 heterocycles. The van der Waals surface area contributed by atoms with Crippen molar-refractivity contribution in [3.05, 3.63) is 76.4 Å². The Morgan fingerprint density at radius 3 is 2.72 bits per heavy atom. The van der Waals surface area contributed by atoms with E-state index in [0.717, 1.165) is 15.7 Å². The van der Waals surface area contributed by atoms with E-state index in [-0.39, 0.29) is 5.91 Å². The Morgan fingerprint density at radius 1 is 1.16 bits per heavy atom. The summed E-state index contributed by atoms with van der Waals surface area (Å²) >= 11 is 3.54. The number of nitrogens with one attached hydrogen (secondary N) is 1. The van der Waals surface area contributed by atoms with Crippen molar-refractivity contribution in [1.29, 1.82) is 0 Å². The van der Waals surface area contributed by atoms with Gasteiger partial charge in [0, 0.05) is 35.9 Å². The third-order valence-corrected chi connectivity index (χ3v) is 4.63. The average molecular weight is 399 g/mol. The van der Waals surface area contributed by atoms with E-state index in [1.807, 2.05) is 61.5 Å². The molecule has 0 saturated carbocycles. The fraction of sp³-hybridized carbons (Fsp3) is 0.158. The zero-order chi connectivity index (χ0) is 17.8. The summed E-state index contributed by atoms with van der Waals surface area (Å²) < 4.78 is 2.79. The first-order chi connectivity index (χ1) is 12.0. The maximum Gasteiger partial charge on any atom is 0.256 e. The normalized spacial score (nSPS) is 10.5. The largest absolute Gasteiger partial charge is 0.378 e. The van der Waals surface area contributed by atoms with Crippen molar-refractivity contribution in [2.75, 3.05) is 24.3 Å². The molecular formula is C19H19BrN4O. The minimum atomic E-state index is -0.155. The first kappa shape index (κ1) is 17.2. The molecule has 0 aliphatic carbocycles. The zero-order valence-corrected chi connectivity index (χ0v) is 15.7. The van der Waals surface area contributed by atoms with Crippen molar-refractivity contribution in [2.45, 2.75) is 6.54 Å². The fourth-order valence-corrected chi connectivity index (χ4v) is 2.88. The van der Waals surface area contributed by atoms with Crippen LogP contribution in [0.2, 0.25) is 0 Å². The average Bonchev–Trinajstić information content (AvgIpc) is 3.04. The van der Waals surface area contributed by atoms with Gasteiger partial charge in [-0.1, -0.05) is 40.2 Å². The standard InChI is InChI=1S/C19H19BrN4O/c1-23(2)16-8-5-7-14(12-16)19(25)22-18-10-11-21-24(18)13-15-6-3-4-9-17(15)20/h3-12H,13H2,1-2H3,(H,22,25). The minimum Gasteiger partial charge on any atom is -0.378 e. The molecule has 0 saturated heterocycles. The Morgan fingerprint density at radius 2 is 1.96 bits per heavy atom. The second kappa shape index (κ2) is 7.53. The number of amides is 1. The molecule has 25 heavy (non-hydrogen) atoms. The van der Waals surface area contributed by atoms with E-state index in [1.54, 1.807) is 23.0 Å². The minimum absolute atomic E-state index is 0.155. The van der Waals surface area contributed by atoms with E-state index in [1.165, 1.54) is 0 Å². The van der Waals surface area contributed by atoms with Gasteiger partial charge in [-0.25, -0.2) is 4.68 Å². The summed E-state index contributed by atoms with van der Waals surface area (Å²) in [5.74, 6) is 0.508. The van der Waals surface area contributed by atoms with Crippen LogP contribution in [0.25, 0.3) is 0 Å². The molecule has 5 nitrogen and oxygen atoms in total. The number of carbonyl (C=O) groups is 1. The van der Waals surface area contributed by atoms with Gasteiger partial charge in [-0.15, -0.1) is 0 Å². The van der Waals surface area contributed by atoms with Crippen LogP contribution in [0, 0.1) is 0 Å². The van der Waals surface area contributed by atoms with E-state index >= 15 is 0 Å². The molecule has 3 aromatic rings. The maximum absolute atomic E-state index is 12.6. The Kier molecular flexibility index (Phi) is 5.19. The highest BCUT2D eigenvalue weighted by Gasteiger charge is 2.11. The molecule has 0 aliphatic heterocycles. The molecule has 1 N–H and O–H groups in total. The van der Waals surface area contributed by atoms with Gasteiger partial charge in [0.2, 0.25) is 0 Å². The topological polar surface area (TPSA) is 50.2 Å². The Bertz CT molecular complexity index is 888. The van der Waals surface area contributed by atoms with Gasteiger partial charge in [0.25, 0.3) is 5.91 Å². The summed E-state index contributed by atoms with van der Waals surface area (Å²) in [6.07, 6.45) is 1.68. The molecule has 3 rings (SSSR count). The number of rotatable bonds is 5. The number of anilines is 2. The highest BCUT2D eigenvalue weighted by Crippen LogP contribution is 2.20. The second-order valence-electron chi connectivity index (χ2n) is 5.86. The van der Waals surface area contributed by atoms with Crippen LogP contribution in [0.15, 0.2) is 65.3 Å². The number of hydrogen-bond donors (Lipinski definition) is 1. The lowest BCUT2D eigenvalue weighted by atomic mass is 10.2. The lowest BCUT2D eigenvalue weighted by Gasteiger charge is -2.14. The van der Waals surface area contributed by atoms with Gasteiger partial charge >= 0.3 is 0 Å². The summed E-state index contributed by atoms with van der Waals surface area (Å²) in [6, 6.07) is 17.3. The van der Waals surface area contributed by atoms with Crippen LogP contribution < -0.4 is 10.2 Å². The molecule has 0 unspecified atom stereocenters. The van der Waals surface area contributed by atoms with Crippen molar-refractivity contribution in [1.82, 2.24) is 9.78 Å². The van der Waals surface area contributed by atoms with Crippen LogP contribution >= 0.6 is 15.9 Å². The Balaban J connectivity index is 1.78. The highest BCUT2D eigenvalue weighted by molar-refractivity contribution is 9.10. The molecule has 128 valence electrons. The molecule has 0 spiro atoms. The molecule has 0 aliphatic rings. The van der Waals surface area contributed by atoms with Crippen molar-refractivity contribution >= 4 is 33.3 Å². The van der Waals surface area contributed by atoms with Crippen LogP contribution in [0.5, 0.6) is 0 Å². The molecule has 6 heteroatoms. The van der Waals surface area contributed by atoms with Gasteiger partial charge < -0.3 is 10.2 Å². The molecule has 0 atom stereocenters. The van der Waals surface area contributed by atoms with Crippen LogP contribution in [0.4, 0.5) is 11.5 Å². The van der Waals surface area contributed by atoms with Gasteiger partial charge in [-0.05, 0) is 29.8 Å². The van der Waals surface area contributed by atoms with Crippen molar-refractivity contribution < 1.29 is 4.79 Å². The van der Waals surface area contributed by atoms with E-state index < -0.39 is 0 Å². The summed E-state index contributed by atoms with van der Waals surface area (Å²) in [7, 11) is 3.90. The van der Waals surface area contributed by atoms with Crippen LogP contribution in [-0.4, -0.2) is 29.8 Å². The molecule has 0 fully saturated rings. The van der Waals surface area contributed by atoms with Gasteiger partial charge in [-0.2, -0.15) is 5.10 Å². The van der Waals surface area contributed by atoms with E-state index in [9.17, 15) is 4.79 Å². The maximum atomic E-state index is 12.6. The van der Waals surface area contributed by atoms with Crippen molar-refractivity contribution in [3.8, 4) is 0 Å². The molecule has 0 radical (unpaired) electrons. The van der Waals surface area contributed by atoms with Crippen LogP contribution in [0.3, 0.4) is 0 Å². The number of carbonyl (C=O) groups excluding carboxylic acids is 1. The molecule has 1 amide bonds. The van der Waals surface area contributed by atoms with Crippen molar-refractivity contribution in [3.63, 3.8) is 0 Å². The van der Waals surface area contributed by atoms with Crippen LogP contribution in [-0.2, 0) is 6.54 Å². The summed E-state index contributed by atoms with van der Waals surface area (Å²) in [5.41, 5.74) is 2.69. The lowest BCUT2D eigenvalue weighted by molar-refractivity contribution is 0.102.